The summed E-state index contributed by atoms with van der Waals surface area (Å²) in [4.78, 5) is 22.1. The first-order chi connectivity index (χ1) is 12.4. The molecule has 2 aromatic rings. The number of aromatic amines is 1. The number of amides is 1. The molecule has 2 aliphatic rings. The molecule has 1 saturated carbocycles. The fraction of sp³-hybridized carbons (Fsp3) is 0.600. The maximum Gasteiger partial charge on any atom is 0.217 e. The van der Waals surface area contributed by atoms with Gasteiger partial charge in [0.15, 0.2) is 0 Å². The molecule has 0 bridgehead atoms. The molecule has 140 valence electrons. The first kappa shape index (κ1) is 17.5. The van der Waals surface area contributed by atoms with Crippen molar-refractivity contribution in [2.45, 2.75) is 52.3 Å². The number of nitrogens with zero attached hydrogens (tertiary/aromatic N) is 2. The van der Waals surface area contributed by atoms with Crippen LogP contribution in [0.25, 0.3) is 11.0 Å². The Morgan fingerprint density at radius 2 is 2.04 bits per heavy atom. The second-order valence-corrected chi connectivity index (χ2v) is 8.15. The van der Waals surface area contributed by atoms with E-state index in [2.05, 4.69) is 41.2 Å². The number of aliphatic hydroxyl groups excluding tert-OH is 1. The first-order valence-corrected chi connectivity index (χ1v) is 9.53. The first-order valence-electron chi connectivity index (χ1n) is 9.53. The van der Waals surface area contributed by atoms with Crippen molar-refractivity contribution in [2.24, 2.45) is 11.8 Å². The zero-order valence-electron chi connectivity index (χ0n) is 15.7. The smallest absolute Gasteiger partial charge is 0.217 e. The number of aryl methyl sites for hydroxylation is 2. The summed E-state index contributed by atoms with van der Waals surface area (Å²) in [6, 6.07) is 4.13. The Labute approximate surface area is 154 Å². The quantitative estimate of drug-likeness (QED) is 0.784. The number of carbonyl (C=O) groups is 1. The topological polar surface area (TPSA) is 81.2 Å². The minimum Gasteiger partial charge on any atom is -0.391 e. The van der Waals surface area contributed by atoms with Crippen LogP contribution in [0.1, 0.15) is 36.7 Å². The molecule has 2 fully saturated rings. The molecule has 6 nitrogen and oxygen atoms in total. The number of aromatic nitrogens is 2. The highest BCUT2D eigenvalue weighted by molar-refractivity contribution is 5.79. The Bertz CT molecular complexity index is 831. The molecule has 0 radical (unpaired) electrons. The number of fused-ring (bicyclic) bond motifs is 2. The van der Waals surface area contributed by atoms with Gasteiger partial charge in [-0.2, -0.15) is 0 Å². The average Bonchev–Trinajstić information content (AvgIpc) is 3.14. The van der Waals surface area contributed by atoms with Crippen LogP contribution in [0.15, 0.2) is 12.1 Å². The number of benzene rings is 1. The van der Waals surface area contributed by atoms with Gasteiger partial charge in [0.25, 0.3) is 0 Å². The lowest BCUT2D eigenvalue weighted by molar-refractivity contribution is -0.121. The van der Waals surface area contributed by atoms with E-state index >= 15 is 0 Å². The highest BCUT2D eigenvalue weighted by atomic mass is 16.3. The third kappa shape index (κ3) is 3.23. The number of imidazole rings is 1. The van der Waals surface area contributed by atoms with Gasteiger partial charge in [-0.15, -0.1) is 0 Å². The number of carbonyl (C=O) groups excluding carboxylic acids is 1. The van der Waals surface area contributed by atoms with Gasteiger partial charge >= 0.3 is 0 Å². The number of likely N-dealkylation sites (tertiary alicyclic amines) is 1. The number of rotatable bonds is 3. The molecule has 2 heterocycles. The zero-order valence-corrected chi connectivity index (χ0v) is 15.7. The van der Waals surface area contributed by atoms with Crippen molar-refractivity contribution in [1.29, 1.82) is 0 Å². The summed E-state index contributed by atoms with van der Waals surface area (Å²) in [5.41, 5.74) is 4.67. The Hall–Kier alpha value is -1.92. The largest absolute Gasteiger partial charge is 0.391 e. The summed E-state index contributed by atoms with van der Waals surface area (Å²) >= 11 is 0. The summed E-state index contributed by atoms with van der Waals surface area (Å²) in [5.74, 6) is 1.98. The third-order valence-electron chi connectivity index (χ3n) is 6.21. The van der Waals surface area contributed by atoms with E-state index in [0.717, 1.165) is 49.3 Å². The predicted molar refractivity (Wildman–Crippen MR) is 101 cm³/mol. The number of hydrogen-bond donors (Lipinski definition) is 3. The van der Waals surface area contributed by atoms with E-state index in [0.29, 0.717) is 11.8 Å². The van der Waals surface area contributed by atoms with Crippen LogP contribution in [-0.4, -0.2) is 51.1 Å². The molecule has 4 atom stereocenters. The molecular weight excluding hydrogens is 328 g/mol. The van der Waals surface area contributed by atoms with Crippen LogP contribution in [0.2, 0.25) is 0 Å². The van der Waals surface area contributed by atoms with E-state index in [4.69, 9.17) is 4.98 Å². The van der Waals surface area contributed by atoms with Gasteiger partial charge in [-0.1, -0.05) is 6.07 Å². The summed E-state index contributed by atoms with van der Waals surface area (Å²) in [5, 5.41) is 13.3. The second-order valence-electron chi connectivity index (χ2n) is 8.15. The molecular formula is C20H28N4O2. The van der Waals surface area contributed by atoms with Gasteiger partial charge in [0.2, 0.25) is 5.91 Å². The minimum atomic E-state index is -0.433. The molecule has 0 unspecified atom stereocenters. The van der Waals surface area contributed by atoms with Crippen LogP contribution in [0.3, 0.4) is 0 Å². The summed E-state index contributed by atoms with van der Waals surface area (Å²) in [6.07, 6.45) is 1.20. The van der Waals surface area contributed by atoms with E-state index in [9.17, 15) is 9.90 Å². The van der Waals surface area contributed by atoms with Gasteiger partial charge in [0.1, 0.15) is 5.82 Å². The number of H-pyrrole nitrogens is 1. The normalized spacial score (nSPS) is 29.1. The average molecular weight is 356 g/mol. The lowest BCUT2D eigenvalue weighted by Crippen LogP contribution is -2.48. The molecule has 6 heteroatoms. The van der Waals surface area contributed by atoms with Crippen molar-refractivity contribution < 1.29 is 9.90 Å². The standard InChI is InChI=1S/C20H28N4O2/c1-11-4-5-16-20(12(11)2)23-19(22-16)10-24-8-14-6-17(21-13(3)25)18(26)7-15(14)9-24/h4-5,14-15,17-18,26H,6-10H2,1-3H3,(H,21,25)(H,22,23)/t14-,15+,17-,18-/m1/s1. The highest BCUT2D eigenvalue weighted by Crippen LogP contribution is 2.37. The molecule has 26 heavy (non-hydrogen) atoms. The second kappa shape index (κ2) is 6.67. The molecule has 0 spiro atoms. The van der Waals surface area contributed by atoms with E-state index < -0.39 is 6.10 Å². The van der Waals surface area contributed by atoms with Crippen LogP contribution in [0.4, 0.5) is 0 Å². The molecule has 1 amide bonds. The molecule has 1 saturated heterocycles. The Morgan fingerprint density at radius 3 is 2.77 bits per heavy atom. The maximum absolute atomic E-state index is 11.3. The SMILES string of the molecule is CC(=O)N[C@@H]1C[C@@H]2CN(Cc3nc4c(C)c(C)ccc4[nH]3)C[C@@H]2C[C@H]1O. The maximum atomic E-state index is 11.3. The van der Waals surface area contributed by atoms with E-state index in [1.54, 1.807) is 0 Å². The van der Waals surface area contributed by atoms with Gasteiger partial charge in [-0.05, 0) is 55.7 Å². The van der Waals surface area contributed by atoms with Crippen molar-refractivity contribution in [3.63, 3.8) is 0 Å². The van der Waals surface area contributed by atoms with Gasteiger partial charge < -0.3 is 15.4 Å². The third-order valence-corrected chi connectivity index (χ3v) is 6.21. The van der Waals surface area contributed by atoms with E-state index in [-0.39, 0.29) is 11.9 Å². The Morgan fingerprint density at radius 1 is 1.31 bits per heavy atom. The molecule has 4 rings (SSSR count). The number of hydrogen-bond acceptors (Lipinski definition) is 4. The predicted octanol–water partition coefficient (Wildman–Crippen LogP) is 1.89. The lowest BCUT2D eigenvalue weighted by atomic mass is 9.77. The summed E-state index contributed by atoms with van der Waals surface area (Å²) in [7, 11) is 0. The van der Waals surface area contributed by atoms with Crippen LogP contribution in [0.5, 0.6) is 0 Å². The number of aliphatic hydroxyl groups is 1. The van der Waals surface area contributed by atoms with Crippen LogP contribution >= 0.6 is 0 Å². The Kier molecular flexibility index (Phi) is 4.49. The van der Waals surface area contributed by atoms with Crippen LogP contribution in [0, 0.1) is 25.7 Å². The number of nitrogens with one attached hydrogen (secondary N) is 2. The van der Waals surface area contributed by atoms with Crippen molar-refractivity contribution in [1.82, 2.24) is 20.2 Å². The summed E-state index contributed by atoms with van der Waals surface area (Å²) < 4.78 is 0. The van der Waals surface area contributed by atoms with Crippen LogP contribution < -0.4 is 5.32 Å². The highest BCUT2D eigenvalue weighted by Gasteiger charge is 2.42. The van der Waals surface area contributed by atoms with Gasteiger partial charge in [0.05, 0.1) is 29.7 Å². The monoisotopic (exact) mass is 356 g/mol. The Balaban J connectivity index is 1.45. The van der Waals surface area contributed by atoms with E-state index in [1.807, 2.05) is 0 Å². The van der Waals surface area contributed by atoms with Crippen molar-refractivity contribution in [2.75, 3.05) is 13.1 Å². The van der Waals surface area contributed by atoms with Gasteiger partial charge in [-0.3, -0.25) is 9.69 Å². The molecule has 1 aromatic heterocycles. The van der Waals surface area contributed by atoms with Gasteiger partial charge in [-0.25, -0.2) is 4.98 Å². The van der Waals surface area contributed by atoms with Crippen molar-refractivity contribution in [3.05, 3.63) is 29.1 Å². The van der Waals surface area contributed by atoms with Crippen molar-refractivity contribution in [3.8, 4) is 0 Å². The lowest BCUT2D eigenvalue weighted by Gasteiger charge is -2.35. The molecule has 1 aromatic carbocycles. The zero-order chi connectivity index (χ0) is 18.4. The van der Waals surface area contributed by atoms with Crippen LogP contribution in [-0.2, 0) is 11.3 Å². The molecule has 1 aliphatic heterocycles. The summed E-state index contributed by atoms with van der Waals surface area (Å²) in [6.45, 7) is 8.56. The van der Waals surface area contributed by atoms with Gasteiger partial charge in [0, 0.05) is 20.0 Å². The molecule has 3 N–H and O–H groups in total. The molecule has 1 aliphatic carbocycles. The fourth-order valence-corrected chi connectivity index (χ4v) is 4.72. The van der Waals surface area contributed by atoms with E-state index in [1.165, 1.54) is 18.1 Å². The van der Waals surface area contributed by atoms with Crippen molar-refractivity contribution >= 4 is 16.9 Å². The minimum absolute atomic E-state index is 0.0599. The fourth-order valence-electron chi connectivity index (χ4n) is 4.72.